The molecule has 0 fully saturated rings. The Morgan fingerprint density at radius 1 is 0.375 bits per heavy atom. The number of hydrogen-bond donors (Lipinski definition) is 2. The molecule has 56 heavy (non-hydrogen) atoms. The van der Waals surface area contributed by atoms with E-state index in [0.717, 1.165) is 38.5 Å². The van der Waals surface area contributed by atoms with Gasteiger partial charge in [-0.1, -0.05) is 218 Å². The van der Waals surface area contributed by atoms with Crippen molar-refractivity contribution < 1.29 is 19.2 Å². The fourth-order valence-corrected chi connectivity index (χ4v) is 8.19. The minimum absolute atomic E-state index is 0.140. The molecule has 0 bridgehead atoms. The molecule has 2 aromatic carbocycles. The second-order valence-electron chi connectivity index (χ2n) is 16.6. The highest BCUT2D eigenvalue weighted by Crippen LogP contribution is 2.35. The molecule has 0 unspecified atom stereocenters. The first-order valence-corrected chi connectivity index (χ1v) is 23.4. The standard InChI is InChI=1S/C50H78N2O4/c1-3-5-7-9-11-13-15-17-19-21-23-25-27-29-31-39-45(53)51-43-37-33-35-41-47(43)49(55)42-36-34-38-44(48(42)50(41)56)52-46(54)40-32-30-28-26-24-22-20-18-16-14-12-10-8-6-4-2/h33-38H,3-32,39-40H2,1-2H3,(H,51,53)(H,52,54). The molecule has 2 amide bonds. The van der Waals surface area contributed by atoms with Crippen LogP contribution in [0.25, 0.3) is 0 Å². The number of carbonyl (C=O) groups is 4. The van der Waals surface area contributed by atoms with Gasteiger partial charge in [-0.05, 0) is 25.0 Å². The number of anilines is 2. The zero-order valence-electron chi connectivity index (χ0n) is 35.7. The van der Waals surface area contributed by atoms with E-state index in [1.165, 1.54) is 154 Å². The second kappa shape index (κ2) is 29.9. The monoisotopic (exact) mass is 771 g/mol. The van der Waals surface area contributed by atoms with Gasteiger partial charge in [0, 0.05) is 24.0 Å². The summed E-state index contributed by atoms with van der Waals surface area (Å²) >= 11 is 0. The predicted octanol–water partition coefficient (Wildman–Crippen LogP) is 14.9. The summed E-state index contributed by atoms with van der Waals surface area (Å²) in [4.78, 5) is 53.5. The molecule has 6 heteroatoms. The first-order chi connectivity index (χ1) is 27.5. The fraction of sp³-hybridized carbons (Fsp3) is 0.680. The smallest absolute Gasteiger partial charge is 0.224 e. The zero-order valence-corrected chi connectivity index (χ0v) is 35.7. The Bertz CT molecular complexity index is 1320. The van der Waals surface area contributed by atoms with Crippen LogP contribution in [0.15, 0.2) is 36.4 Å². The highest BCUT2D eigenvalue weighted by Gasteiger charge is 2.34. The van der Waals surface area contributed by atoms with Gasteiger partial charge in [-0.25, -0.2) is 0 Å². The predicted molar refractivity (Wildman–Crippen MR) is 236 cm³/mol. The summed E-state index contributed by atoms with van der Waals surface area (Å²) in [7, 11) is 0. The van der Waals surface area contributed by atoms with Gasteiger partial charge in [0.25, 0.3) is 0 Å². The number of fused-ring (bicyclic) bond motifs is 2. The molecule has 312 valence electrons. The maximum absolute atomic E-state index is 13.8. The van der Waals surface area contributed by atoms with E-state index in [9.17, 15) is 19.2 Å². The first kappa shape index (κ1) is 47.1. The van der Waals surface area contributed by atoms with Crippen molar-refractivity contribution in [2.45, 2.75) is 219 Å². The van der Waals surface area contributed by atoms with E-state index < -0.39 is 0 Å². The first-order valence-electron chi connectivity index (χ1n) is 23.4. The molecular formula is C50H78N2O4. The molecule has 2 aromatic rings. The molecule has 1 aliphatic carbocycles. The average molecular weight is 771 g/mol. The Labute approximate surface area is 341 Å². The number of rotatable bonds is 34. The van der Waals surface area contributed by atoms with Gasteiger partial charge in [-0.15, -0.1) is 0 Å². The van der Waals surface area contributed by atoms with Crippen LogP contribution >= 0.6 is 0 Å². The number of unbranched alkanes of at least 4 members (excludes halogenated alkanes) is 28. The molecular weight excluding hydrogens is 693 g/mol. The lowest BCUT2D eigenvalue weighted by Gasteiger charge is -2.22. The van der Waals surface area contributed by atoms with Crippen molar-refractivity contribution in [3.8, 4) is 0 Å². The van der Waals surface area contributed by atoms with Gasteiger partial charge in [-0.3, -0.25) is 19.2 Å². The van der Waals surface area contributed by atoms with Gasteiger partial charge in [-0.2, -0.15) is 0 Å². The van der Waals surface area contributed by atoms with Crippen LogP contribution < -0.4 is 10.6 Å². The van der Waals surface area contributed by atoms with Crippen LogP contribution in [0.1, 0.15) is 251 Å². The van der Waals surface area contributed by atoms with E-state index in [-0.39, 0.29) is 45.6 Å². The Morgan fingerprint density at radius 3 is 0.893 bits per heavy atom. The summed E-state index contributed by atoms with van der Waals surface area (Å²) in [5.41, 5.74) is 1.74. The molecule has 6 nitrogen and oxygen atoms in total. The summed E-state index contributed by atoms with van der Waals surface area (Å²) in [6.07, 6.45) is 38.9. The maximum atomic E-state index is 13.8. The lowest BCUT2D eigenvalue weighted by Crippen LogP contribution is -2.26. The lowest BCUT2D eigenvalue weighted by molar-refractivity contribution is -0.117. The molecule has 0 aromatic heterocycles. The highest BCUT2D eigenvalue weighted by atomic mass is 16.2. The van der Waals surface area contributed by atoms with E-state index in [4.69, 9.17) is 0 Å². The maximum Gasteiger partial charge on any atom is 0.224 e. The Hall–Kier alpha value is -3.28. The fourth-order valence-electron chi connectivity index (χ4n) is 8.19. The molecule has 3 rings (SSSR count). The summed E-state index contributed by atoms with van der Waals surface area (Å²) in [5.74, 6) is -0.898. The summed E-state index contributed by atoms with van der Waals surface area (Å²) in [5, 5.41) is 5.86. The third-order valence-electron chi connectivity index (χ3n) is 11.6. The van der Waals surface area contributed by atoms with Crippen LogP contribution in [0.3, 0.4) is 0 Å². The van der Waals surface area contributed by atoms with Gasteiger partial charge in [0.1, 0.15) is 0 Å². The average Bonchev–Trinajstić information content (AvgIpc) is 3.19. The third kappa shape index (κ3) is 18.3. The van der Waals surface area contributed by atoms with Crippen molar-refractivity contribution in [2.75, 3.05) is 10.6 Å². The van der Waals surface area contributed by atoms with Crippen LogP contribution in [0.5, 0.6) is 0 Å². The van der Waals surface area contributed by atoms with Crippen molar-refractivity contribution in [2.24, 2.45) is 0 Å². The SMILES string of the molecule is CCCCCCCCCCCCCCCCCC(=O)Nc1cccc2c1C(=O)c1cccc(NC(=O)CCCCCCCCCCCCCCCCC)c1C2=O. The van der Waals surface area contributed by atoms with E-state index in [1.54, 1.807) is 36.4 Å². The number of amides is 2. The van der Waals surface area contributed by atoms with Crippen LogP contribution in [0.4, 0.5) is 11.4 Å². The Morgan fingerprint density at radius 2 is 0.625 bits per heavy atom. The van der Waals surface area contributed by atoms with Crippen LogP contribution in [0.2, 0.25) is 0 Å². The molecule has 0 atom stereocenters. The second-order valence-corrected chi connectivity index (χ2v) is 16.6. The third-order valence-corrected chi connectivity index (χ3v) is 11.6. The van der Waals surface area contributed by atoms with Crippen molar-refractivity contribution in [1.82, 2.24) is 0 Å². The molecule has 0 saturated carbocycles. The number of benzene rings is 2. The minimum atomic E-state index is -0.309. The molecule has 0 radical (unpaired) electrons. The minimum Gasteiger partial charge on any atom is -0.325 e. The number of carbonyl (C=O) groups excluding carboxylic acids is 4. The number of hydrogen-bond acceptors (Lipinski definition) is 4. The van der Waals surface area contributed by atoms with Gasteiger partial charge in [0.15, 0.2) is 11.6 Å². The van der Waals surface area contributed by atoms with Gasteiger partial charge < -0.3 is 10.6 Å². The Kier molecular flexibility index (Phi) is 25.1. The molecule has 2 N–H and O–H groups in total. The van der Waals surface area contributed by atoms with Crippen molar-refractivity contribution >= 4 is 34.8 Å². The molecule has 1 aliphatic rings. The topological polar surface area (TPSA) is 92.3 Å². The summed E-state index contributed by atoms with van der Waals surface area (Å²) in [6, 6.07) is 10.1. The van der Waals surface area contributed by atoms with Gasteiger partial charge >= 0.3 is 0 Å². The van der Waals surface area contributed by atoms with E-state index in [0.29, 0.717) is 24.2 Å². The molecule has 0 heterocycles. The number of ketones is 2. The normalized spacial score (nSPS) is 12.1. The Balaban J connectivity index is 1.32. The number of nitrogens with one attached hydrogen (secondary N) is 2. The van der Waals surface area contributed by atoms with Crippen molar-refractivity contribution in [3.63, 3.8) is 0 Å². The van der Waals surface area contributed by atoms with E-state index in [1.807, 2.05) is 0 Å². The zero-order chi connectivity index (χ0) is 40.1. The van der Waals surface area contributed by atoms with Gasteiger partial charge in [0.05, 0.1) is 22.5 Å². The highest BCUT2D eigenvalue weighted by molar-refractivity contribution is 6.32. The van der Waals surface area contributed by atoms with Crippen LogP contribution in [0, 0.1) is 0 Å². The molecule has 0 saturated heterocycles. The van der Waals surface area contributed by atoms with Crippen LogP contribution in [-0.4, -0.2) is 23.4 Å². The lowest BCUT2D eigenvalue weighted by atomic mass is 9.82. The van der Waals surface area contributed by atoms with E-state index in [2.05, 4.69) is 24.5 Å². The quantitative estimate of drug-likeness (QED) is 0.0592. The van der Waals surface area contributed by atoms with Crippen molar-refractivity contribution in [3.05, 3.63) is 58.7 Å². The molecule has 0 aliphatic heterocycles. The largest absolute Gasteiger partial charge is 0.325 e. The van der Waals surface area contributed by atoms with Gasteiger partial charge in [0.2, 0.25) is 11.8 Å². The van der Waals surface area contributed by atoms with E-state index >= 15 is 0 Å². The summed E-state index contributed by atoms with van der Waals surface area (Å²) < 4.78 is 0. The van der Waals surface area contributed by atoms with Crippen molar-refractivity contribution in [1.29, 1.82) is 0 Å². The molecule has 0 spiro atoms. The summed E-state index contributed by atoms with van der Waals surface area (Å²) in [6.45, 7) is 4.53. The van der Waals surface area contributed by atoms with Crippen LogP contribution in [-0.2, 0) is 9.59 Å².